The Balaban J connectivity index is 2.14. The largest absolute Gasteiger partial charge is 0.294 e. The van der Waals surface area contributed by atoms with Gasteiger partial charge in [0.05, 0.1) is 23.1 Å². The van der Waals surface area contributed by atoms with Crippen molar-refractivity contribution >= 4 is 15.6 Å². The fourth-order valence-electron chi connectivity index (χ4n) is 2.64. The molecule has 1 aromatic heterocycles. The van der Waals surface area contributed by atoms with E-state index in [2.05, 4.69) is 5.10 Å². The zero-order valence-corrected chi connectivity index (χ0v) is 12.2. The van der Waals surface area contributed by atoms with Gasteiger partial charge in [-0.2, -0.15) is 5.10 Å². The highest BCUT2D eigenvalue weighted by molar-refractivity contribution is 7.91. The molecule has 0 aliphatic heterocycles. The van der Waals surface area contributed by atoms with Gasteiger partial charge in [-0.25, -0.2) is 8.42 Å². The van der Waals surface area contributed by atoms with Gasteiger partial charge in [-0.3, -0.25) is 9.48 Å². The summed E-state index contributed by atoms with van der Waals surface area (Å²) >= 11 is 0. The van der Waals surface area contributed by atoms with Crippen LogP contribution in [0.4, 0.5) is 0 Å². The molecule has 0 aromatic carbocycles. The van der Waals surface area contributed by atoms with Gasteiger partial charge in [0.2, 0.25) is 0 Å². The van der Waals surface area contributed by atoms with E-state index in [0.29, 0.717) is 18.4 Å². The number of hydrogen-bond acceptors (Lipinski definition) is 4. The number of sulfone groups is 1. The summed E-state index contributed by atoms with van der Waals surface area (Å²) in [5.41, 5.74) is 0.615. The van der Waals surface area contributed by atoms with Crippen LogP contribution in [0.5, 0.6) is 0 Å². The fraction of sp³-hybridized carbons (Fsp3) is 0.692. The van der Waals surface area contributed by atoms with Crippen LogP contribution in [0.15, 0.2) is 12.4 Å². The van der Waals surface area contributed by atoms with Gasteiger partial charge < -0.3 is 0 Å². The molecular weight excluding hydrogens is 264 g/mol. The van der Waals surface area contributed by atoms with Crippen molar-refractivity contribution in [1.29, 1.82) is 0 Å². The molecule has 1 aliphatic carbocycles. The van der Waals surface area contributed by atoms with Crippen molar-refractivity contribution in [3.8, 4) is 0 Å². The lowest BCUT2D eigenvalue weighted by molar-refractivity contribution is 0.0988. The first-order valence-electron chi connectivity index (χ1n) is 6.68. The van der Waals surface area contributed by atoms with Crippen LogP contribution in [0.25, 0.3) is 0 Å². The van der Waals surface area contributed by atoms with Crippen molar-refractivity contribution in [2.24, 2.45) is 0 Å². The minimum absolute atomic E-state index is 0.0710. The number of ketones is 1. The second-order valence-corrected chi connectivity index (χ2v) is 7.58. The van der Waals surface area contributed by atoms with Gasteiger partial charge in [0.15, 0.2) is 5.78 Å². The van der Waals surface area contributed by atoms with Crippen LogP contribution in [0.3, 0.4) is 0 Å². The summed E-state index contributed by atoms with van der Waals surface area (Å²) in [5.74, 6) is 0.0710. The highest BCUT2D eigenvalue weighted by atomic mass is 32.2. The molecule has 0 saturated heterocycles. The van der Waals surface area contributed by atoms with Gasteiger partial charge in [0.1, 0.15) is 9.84 Å². The second-order valence-electron chi connectivity index (χ2n) is 5.26. The van der Waals surface area contributed by atoms with E-state index in [0.717, 1.165) is 19.3 Å². The predicted molar refractivity (Wildman–Crippen MR) is 73.0 cm³/mol. The maximum atomic E-state index is 11.6. The quantitative estimate of drug-likeness (QED) is 0.793. The van der Waals surface area contributed by atoms with Crippen molar-refractivity contribution in [2.45, 2.75) is 50.3 Å². The summed E-state index contributed by atoms with van der Waals surface area (Å²) < 4.78 is 25.0. The number of carbonyl (C=O) groups excluding carboxylic acids is 1. The maximum Gasteiger partial charge on any atom is 0.165 e. The Morgan fingerprint density at radius 1 is 1.47 bits per heavy atom. The molecule has 6 heteroatoms. The van der Waals surface area contributed by atoms with E-state index in [1.807, 2.05) is 6.92 Å². The summed E-state index contributed by atoms with van der Waals surface area (Å²) in [6, 6.07) is 0.0897. The third kappa shape index (κ3) is 3.23. The molecule has 2 unspecified atom stereocenters. The van der Waals surface area contributed by atoms with Crippen LogP contribution in [0, 0.1) is 0 Å². The van der Waals surface area contributed by atoms with Crippen molar-refractivity contribution < 1.29 is 13.2 Å². The zero-order valence-electron chi connectivity index (χ0n) is 11.4. The molecular formula is C13H20N2O3S. The van der Waals surface area contributed by atoms with E-state index < -0.39 is 9.84 Å². The lowest BCUT2D eigenvalue weighted by atomic mass is 9.95. The van der Waals surface area contributed by atoms with E-state index in [1.165, 1.54) is 6.26 Å². The number of nitrogens with zero attached hydrogens (tertiary/aromatic N) is 2. The second kappa shape index (κ2) is 5.45. The molecule has 0 N–H and O–H groups in total. The van der Waals surface area contributed by atoms with Crippen LogP contribution in [0.2, 0.25) is 0 Å². The van der Waals surface area contributed by atoms with Crippen molar-refractivity contribution in [3.63, 3.8) is 0 Å². The minimum Gasteiger partial charge on any atom is -0.294 e. The molecule has 1 heterocycles. The zero-order chi connectivity index (χ0) is 14.0. The minimum atomic E-state index is -2.99. The number of aromatic nitrogens is 2. The SMILES string of the molecule is CCC(=O)c1cnn(C2CCCC(S(C)(=O)=O)C2)c1. The molecule has 19 heavy (non-hydrogen) atoms. The molecule has 2 atom stereocenters. The Morgan fingerprint density at radius 2 is 2.21 bits per heavy atom. The molecule has 0 amide bonds. The normalized spacial score (nSPS) is 24.3. The molecule has 1 fully saturated rings. The van der Waals surface area contributed by atoms with E-state index in [-0.39, 0.29) is 17.1 Å². The van der Waals surface area contributed by atoms with E-state index >= 15 is 0 Å². The standard InChI is InChI=1S/C13H20N2O3S/c1-3-13(16)10-8-14-15(9-10)11-5-4-6-12(7-11)19(2,17)18/h8-9,11-12H,3-7H2,1-2H3. The summed E-state index contributed by atoms with van der Waals surface area (Å²) in [4.78, 5) is 11.6. The van der Waals surface area contributed by atoms with E-state index in [4.69, 9.17) is 0 Å². The number of hydrogen-bond donors (Lipinski definition) is 0. The molecule has 0 bridgehead atoms. The fourth-order valence-corrected chi connectivity index (χ4v) is 3.80. The molecule has 1 aliphatic rings. The summed E-state index contributed by atoms with van der Waals surface area (Å²) in [5, 5.41) is 3.95. The lowest BCUT2D eigenvalue weighted by Gasteiger charge is -2.28. The van der Waals surface area contributed by atoms with E-state index in [1.54, 1.807) is 17.1 Å². The molecule has 1 saturated carbocycles. The summed E-state index contributed by atoms with van der Waals surface area (Å²) in [6.45, 7) is 1.82. The third-order valence-electron chi connectivity index (χ3n) is 3.82. The summed E-state index contributed by atoms with van der Waals surface area (Å²) in [6.07, 6.45) is 8.24. The van der Waals surface area contributed by atoms with Crippen LogP contribution < -0.4 is 0 Å². The summed E-state index contributed by atoms with van der Waals surface area (Å²) in [7, 11) is -2.99. The highest BCUT2D eigenvalue weighted by Gasteiger charge is 2.30. The van der Waals surface area contributed by atoms with Gasteiger partial charge in [0, 0.05) is 18.9 Å². The van der Waals surface area contributed by atoms with Crippen LogP contribution in [-0.2, 0) is 9.84 Å². The Kier molecular flexibility index (Phi) is 4.08. The molecule has 1 aromatic rings. The monoisotopic (exact) mass is 284 g/mol. The van der Waals surface area contributed by atoms with Crippen molar-refractivity contribution in [1.82, 2.24) is 9.78 Å². The van der Waals surface area contributed by atoms with Gasteiger partial charge in [-0.05, 0) is 19.3 Å². The first kappa shape index (κ1) is 14.2. The van der Waals surface area contributed by atoms with Crippen molar-refractivity contribution in [2.75, 3.05) is 6.26 Å². The van der Waals surface area contributed by atoms with Gasteiger partial charge in [-0.15, -0.1) is 0 Å². The Bertz CT molecular complexity index is 562. The molecule has 5 nitrogen and oxygen atoms in total. The lowest BCUT2D eigenvalue weighted by Crippen LogP contribution is -2.29. The third-order valence-corrected chi connectivity index (χ3v) is 5.46. The average Bonchev–Trinajstić information content (AvgIpc) is 2.86. The number of Topliss-reactive ketones (excluding diaryl/α,β-unsaturated/α-hetero) is 1. The Labute approximate surface area is 113 Å². The van der Waals surface area contributed by atoms with Crippen molar-refractivity contribution in [3.05, 3.63) is 18.0 Å². The maximum absolute atomic E-state index is 11.6. The number of carbonyl (C=O) groups is 1. The van der Waals surface area contributed by atoms with Gasteiger partial charge in [0.25, 0.3) is 0 Å². The molecule has 0 spiro atoms. The molecule has 2 rings (SSSR count). The Hall–Kier alpha value is -1.17. The first-order valence-corrected chi connectivity index (χ1v) is 8.63. The average molecular weight is 284 g/mol. The predicted octanol–water partition coefficient (Wildman–Crippen LogP) is 2.00. The first-order chi connectivity index (χ1) is 8.91. The van der Waals surface area contributed by atoms with Crippen LogP contribution in [0.1, 0.15) is 55.4 Å². The topological polar surface area (TPSA) is 69.0 Å². The molecule has 106 valence electrons. The van der Waals surface area contributed by atoms with E-state index in [9.17, 15) is 13.2 Å². The van der Waals surface area contributed by atoms with Crippen LogP contribution >= 0.6 is 0 Å². The smallest absolute Gasteiger partial charge is 0.165 e. The van der Waals surface area contributed by atoms with Gasteiger partial charge >= 0.3 is 0 Å². The number of rotatable bonds is 4. The van der Waals surface area contributed by atoms with Gasteiger partial charge in [-0.1, -0.05) is 13.3 Å². The Morgan fingerprint density at radius 3 is 2.84 bits per heavy atom. The highest BCUT2D eigenvalue weighted by Crippen LogP contribution is 2.31. The van der Waals surface area contributed by atoms with Crippen LogP contribution in [-0.4, -0.2) is 35.5 Å². The molecule has 0 radical (unpaired) electrons.